The van der Waals surface area contributed by atoms with E-state index in [1.807, 2.05) is 12.1 Å². The second-order valence-corrected chi connectivity index (χ2v) is 6.30. The fourth-order valence-corrected chi connectivity index (χ4v) is 2.65. The summed E-state index contributed by atoms with van der Waals surface area (Å²) in [7, 11) is 1.54. The first-order chi connectivity index (χ1) is 14.6. The van der Waals surface area contributed by atoms with Crippen LogP contribution in [-0.2, 0) is 13.2 Å². The summed E-state index contributed by atoms with van der Waals surface area (Å²) in [6, 6.07) is 12.0. The normalized spacial score (nSPS) is 10.3. The predicted octanol–water partition coefficient (Wildman–Crippen LogP) is 2.32. The maximum atomic E-state index is 13.7. The zero-order valence-electron chi connectivity index (χ0n) is 16.8. The molecule has 166 valence electrons. The number of nitrogen functional groups attached to an aromatic ring is 1. The minimum atomic E-state index is -0.450. The van der Waals surface area contributed by atoms with Gasteiger partial charge in [-0.05, 0) is 34.1 Å². The van der Waals surface area contributed by atoms with Gasteiger partial charge in [-0.1, -0.05) is 24.3 Å². The molecule has 0 bridgehead atoms. The zero-order chi connectivity index (χ0) is 21.3. The van der Waals surface area contributed by atoms with E-state index in [2.05, 4.69) is 25.6 Å². The summed E-state index contributed by atoms with van der Waals surface area (Å²) in [6.07, 6.45) is 0. The number of nitrogens with two attached hydrogens (primary N) is 1. The van der Waals surface area contributed by atoms with Crippen molar-refractivity contribution in [3.63, 3.8) is 0 Å². The Labute approximate surface area is 184 Å². The van der Waals surface area contributed by atoms with Crippen molar-refractivity contribution in [2.75, 3.05) is 25.9 Å². The maximum Gasteiger partial charge on any atom is 0.277 e. The minimum absolute atomic E-state index is 0. The number of nitrogens with one attached hydrogen (secondary N) is 2. The second kappa shape index (κ2) is 11.7. The van der Waals surface area contributed by atoms with Gasteiger partial charge in [-0.15, -0.1) is 12.4 Å². The van der Waals surface area contributed by atoms with E-state index in [4.69, 9.17) is 15.2 Å². The molecule has 2 aromatic carbocycles. The number of rotatable bonds is 10. The lowest BCUT2D eigenvalue weighted by molar-refractivity contribution is 0.0944. The maximum absolute atomic E-state index is 13.7. The third-order valence-corrected chi connectivity index (χ3v) is 4.21. The van der Waals surface area contributed by atoms with E-state index in [0.29, 0.717) is 36.7 Å². The molecular formula is C20H23ClFN5O4. The predicted molar refractivity (Wildman–Crippen MR) is 114 cm³/mol. The third kappa shape index (κ3) is 6.56. The number of hydrogen-bond donors (Lipinski definition) is 3. The average molecular weight is 452 g/mol. The summed E-state index contributed by atoms with van der Waals surface area (Å²) < 4.78 is 29.2. The van der Waals surface area contributed by atoms with E-state index in [9.17, 15) is 9.18 Å². The van der Waals surface area contributed by atoms with Gasteiger partial charge in [-0.2, -0.15) is 0 Å². The number of benzene rings is 2. The lowest BCUT2D eigenvalue weighted by Gasteiger charge is -2.13. The van der Waals surface area contributed by atoms with Crippen LogP contribution in [0.25, 0.3) is 0 Å². The van der Waals surface area contributed by atoms with Crippen LogP contribution in [0.15, 0.2) is 47.1 Å². The van der Waals surface area contributed by atoms with Crippen LogP contribution in [0.5, 0.6) is 11.5 Å². The number of aromatic nitrogens is 2. The van der Waals surface area contributed by atoms with Crippen LogP contribution in [0.4, 0.5) is 10.2 Å². The molecule has 4 N–H and O–H groups in total. The molecule has 0 saturated heterocycles. The Morgan fingerprint density at radius 2 is 1.97 bits per heavy atom. The highest BCUT2D eigenvalue weighted by atomic mass is 35.5. The van der Waals surface area contributed by atoms with E-state index in [0.717, 1.165) is 5.56 Å². The molecule has 0 spiro atoms. The van der Waals surface area contributed by atoms with Crippen LogP contribution in [0.2, 0.25) is 0 Å². The Bertz CT molecular complexity index is 1000. The number of hydrogen-bond acceptors (Lipinski definition) is 8. The van der Waals surface area contributed by atoms with Crippen molar-refractivity contribution in [3.8, 4) is 11.5 Å². The van der Waals surface area contributed by atoms with Crippen molar-refractivity contribution in [1.29, 1.82) is 0 Å². The highest BCUT2D eigenvalue weighted by molar-refractivity contribution is 5.95. The number of anilines is 1. The average Bonchev–Trinajstić information content (AvgIpc) is 3.19. The number of ether oxygens (including phenoxy) is 2. The van der Waals surface area contributed by atoms with Crippen LogP contribution in [-0.4, -0.2) is 36.4 Å². The number of carbonyl (C=O) groups excluding carboxylic acids is 1. The SMILES string of the molecule is COc1cc(CNCCNC(=O)c2nonc2N)ccc1OCc1ccccc1F.Cl. The summed E-state index contributed by atoms with van der Waals surface area (Å²) in [6.45, 7) is 1.54. The van der Waals surface area contributed by atoms with Gasteiger partial charge in [0.05, 0.1) is 7.11 Å². The summed E-state index contributed by atoms with van der Waals surface area (Å²) >= 11 is 0. The molecule has 1 heterocycles. The molecule has 1 amide bonds. The van der Waals surface area contributed by atoms with Crippen molar-refractivity contribution < 1.29 is 23.3 Å². The van der Waals surface area contributed by atoms with Crippen LogP contribution >= 0.6 is 12.4 Å². The van der Waals surface area contributed by atoms with E-state index < -0.39 is 5.91 Å². The molecule has 3 aromatic rings. The summed E-state index contributed by atoms with van der Waals surface area (Å²) in [4.78, 5) is 11.8. The van der Waals surface area contributed by atoms with Crippen molar-refractivity contribution in [2.45, 2.75) is 13.2 Å². The van der Waals surface area contributed by atoms with Gasteiger partial charge in [-0.25, -0.2) is 9.02 Å². The van der Waals surface area contributed by atoms with Crippen LogP contribution in [0, 0.1) is 5.82 Å². The van der Waals surface area contributed by atoms with E-state index >= 15 is 0 Å². The van der Waals surface area contributed by atoms with Crippen LogP contribution in [0.1, 0.15) is 21.6 Å². The van der Waals surface area contributed by atoms with Crippen molar-refractivity contribution in [3.05, 3.63) is 65.1 Å². The second-order valence-electron chi connectivity index (χ2n) is 6.30. The molecule has 3 rings (SSSR count). The van der Waals surface area contributed by atoms with Crippen LogP contribution in [0.3, 0.4) is 0 Å². The number of methoxy groups -OCH3 is 1. The zero-order valence-corrected chi connectivity index (χ0v) is 17.6. The monoisotopic (exact) mass is 451 g/mol. The topological polar surface area (TPSA) is 125 Å². The molecule has 0 aliphatic rings. The van der Waals surface area contributed by atoms with Gasteiger partial charge >= 0.3 is 0 Å². The van der Waals surface area contributed by atoms with Crippen LogP contribution < -0.4 is 25.8 Å². The largest absolute Gasteiger partial charge is 0.493 e. The van der Waals surface area contributed by atoms with E-state index in [1.54, 1.807) is 31.4 Å². The minimum Gasteiger partial charge on any atom is -0.493 e. The Morgan fingerprint density at radius 1 is 1.16 bits per heavy atom. The lowest BCUT2D eigenvalue weighted by atomic mass is 10.2. The molecule has 0 unspecified atom stereocenters. The van der Waals surface area contributed by atoms with Gasteiger partial charge in [0.15, 0.2) is 11.5 Å². The summed E-state index contributed by atoms with van der Waals surface area (Å²) in [5.41, 5.74) is 6.86. The van der Waals surface area contributed by atoms with Crippen molar-refractivity contribution in [1.82, 2.24) is 20.9 Å². The first kappa shape index (κ1) is 23.9. The highest BCUT2D eigenvalue weighted by Gasteiger charge is 2.15. The van der Waals surface area contributed by atoms with Gasteiger partial charge < -0.3 is 25.8 Å². The van der Waals surface area contributed by atoms with Gasteiger partial charge in [0, 0.05) is 25.2 Å². The molecule has 9 nitrogen and oxygen atoms in total. The van der Waals surface area contributed by atoms with Gasteiger partial charge in [0.2, 0.25) is 11.5 Å². The number of carbonyl (C=O) groups is 1. The highest BCUT2D eigenvalue weighted by Crippen LogP contribution is 2.29. The fourth-order valence-electron chi connectivity index (χ4n) is 2.65. The molecule has 0 aliphatic carbocycles. The van der Waals surface area contributed by atoms with E-state index in [1.165, 1.54) is 6.07 Å². The van der Waals surface area contributed by atoms with E-state index in [-0.39, 0.29) is 36.3 Å². The Balaban J connectivity index is 0.00000341. The molecule has 31 heavy (non-hydrogen) atoms. The third-order valence-electron chi connectivity index (χ3n) is 4.21. The Morgan fingerprint density at radius 3 is 2.68 bits per heavy atom. The molecule has 0 fully saturated rings. The number of amides is 1. The first-order valence-electron chi connectivity index (χ1n) is 9.18. The van der Waals surface area contributed by atoms with Gasteiger partial charge in [-0.3, -0.25) is 4.79 Å². The Hall–Kier alpha value is -3.37. The molecular weight excluding hydrogens is 429 g/mol. The number of halogens is 2. The van der Waals surface area contributed by atoms with Crippen molar-refractivity contribution >= 4 is 24.1 Å². The molecule has 11 heteroatoms. The van der Waals surface area contributed by atoms with Gasteiger partial charge in [0.25, 0.3) is 5.91 Å². The molecule has 0 aliphatic heterocycles. The standard InChI is InChI=1S/C20H22FN5O4.ClH/c1-28-17-10-13(6-7-16(17)29-12-14-4-2-3-5-15(14)21)11-23-8-9-24-20(27)18-19(22)26-30-25-18;/h2-7,10,23H,8-9,11-12H2,1H3,(H2,22,26)(H,24,27);1H. The van der Waals surface area contributed by atoms with Gasteiger partial charge in [0.1, 0.15) is 12.4 Å². The lowest BCUT2D eigenvalue weighted by Crippen LogP contribution is -2.32. The number of nitrogens with zero attached hydrogens (tertiary/aromatic N) is 2. The Kier molecular flexibility index (Phi) is 9.04. The molecule has 0 atom stereocenters. The summed E-state index contributed by atoms with van der Waals surface area (Å²) in [5, 5.41) is 12.7. The quantitative estimate of drug-likeness (QED) is 0.401. The molecule has 0 saturated carbocycles. The van der Waals surface area contributed by atoms with Crippen molar-refractivity contribution in [2.24, 2.45) is 0 Å². The summed E-state index contributed by atoms with van der Waals surface area (Å²) in [5.74, 6) is 0.258. The fraction of sp³-hybridized carbons (Fsp3) is 0.250. The smallest absolute Gasteiger partial charge is 0.277 e. The first-order valence-corrected chi connectivity index (χ1v) is 9.18. The molecule has 0 radical (unpaired) electrons. The molecule has 1 aromatic heterocycles.